The molecule has 0 aliphatic heterocycles. The van der Waals surface area contributed by atoms with Crippen molar-refractivity contribution in [1.82, 2.24) is 0 Å². The van der Waals surface area contributed by atoms with Crippen LogP contribution in [0.15, 0.2) is 4.99 Å². The number of carbonyl (C=O) groups excluding carboxylic acids is 1. The molecule has 0 rings (SSSR count). The highest BCUT2D eigenvalue weighted by molar-refractivity contribution is 7.39. The molecule has 2 atom stereocenters. The zero-order chi connectivity index (χ0) is 7.28. The van der Waals surface area contributed by atoms with Gasteiger partial charge in [-0.05, 0) is 0 Å². The monoisotopic (exact) mass is 169 g/mol. The van der Waals surface area contributed by atoms with Crippen molar-refractivity contribution in [1.29, 1.82) is 0 Å². The molecular formula is C3H5ClNO3P. The second-order valence-electron chi connectivity index (χ2n) is 1.23. The Bertz CT molecular complexity index is 153. The molecule has 0 heterocycles. The van der Waals surface area contributed by atoms with Gasteiger partial charge in [-0.25, -0.2) is 4.79 Å². The zero-order valence-electron chi connectivity index (χ0n) is 4.37. The second-order valence-corrected chi connectivity index (χ2v) is 2.88. The molecule has 52 valence electrons. The minimum atomic E-state index is -2.80. The molecule has 4 nitrogen and oxygen atoms in total. The first-order chi connectivity index (χ1) is 4.22. The van der Waals surface area contributed by atoms with Crippen LogP contribution < -0.4 is 0 Å². The maximum absolute atomic E-state index is 10.1. The predicted molar refractivity (Wildman–Crippen MR) is 33.8 cm³/mol. The van der Waals surface area contributed by atoms with Crippen LogP contribution in [0.5, 0.6) is 0 Å². The maximum atomic E-state index is 10.1. The van der Waals surface area contributed by atoms with Crippen molar-refractivity contribution >= 4 is 25.7 Å². The molecule has 1 N–H and O–H groups in total. The lowest BCUT2D eigenvalue weighted by Crippen LogP contribution is -1.98. The van der Waals surface area contributed by atoms with Gasteiger partial charge in [0.25, 0.3) is 0 Å². The lowest BCUT2D eigenvalue weighted by atomic mass is 10.8. The number of hydrogen-bond donors (Lipinski definition) is 1. The Hall–Kier alpha value is -0.140. The van der Waals surface area contributed by atoms with E-state index in [1.165, 1.54) is 0 Å². The van der Waals surface area contributed by atoms with Gasteiger partial charge in [0.05, 0.1) is 5.88 Å². The first-order valence-electron chi connectivity index (χ1n) is 2.08. The normalized spacial score (nSPS) is 15.8. The maximum Gasteiger partial charge on any atom is 0.235 e. The van der Waals surface area contributed by atoms with Gasteiger partial charge in [0.2, 0.25) is 14.1 Å². The number of rotatable bonds is 3. The van der Waals surface area contributed by atoms with Crippen LogP contribution in [0, 0.1) is 0 Å². The Morgan fingerprint density at radius 2 is 2.44 bits per heavy atom. The van der Waals surface area contributed by atoms with E-state index in [-0.39, 0.29) is 5.88 Å². The van der Waals surface area contributed by atoms with E-state index < -0.39 is 13.8 Å². The van der Waals surface area contributed by atoms with Gasteiger partial charge in [-0.2, -0.15) is 4.99 Å². The lowest BCUT2D eigenvalue weighted by Gasteiger charge is -1.97. The van der Waals surface area contributed by atoms with Crippen molar-refractivity contribution in [3.8, 4) is 0 Å². The molecule has 0 aliphatic rings. The van der Waals surface area contributed by atoms with Crippen LogP contribution >= 0.6 is 19.6 Å². The van der Waals surface area contributed by atoms with Crippen LogP contribution in [0.3, 0.4) is 0 Å². The summed E-state index contributed by atoms with van der Waals surface area (Å²) in [4.78, 5) is 20.8. The smallest absolute Gasteiger partial charge is 0.235 e. The summed E-state index contributed by atoms with van der Waals surface area (Å²) in [5.41, 5.74) is 0. The van der Waals surface area contributed by atoms with E-state index in [2.05, 4.69) is 4.99 Å². The SMILES string of the molecule is O=C=NC(CCl)[PH](=O)O. The number of alkyl halides is 1. The van der Waals surface area contributed by atoms with Crippen LogP contribution in [0.25, 0.3) is 0 Å². The van der Waals surface area contributed by atoms with E-state index in [9.17, 15) is 9.36 Å². The molecule has 0 aliphatic carbocycles. The Morgan fingerprint density at radius 3 is 2.56 bits per heavy atom. The Balaban J connectivity index is 3.98. The molecule has 0 fully saturated rings. The third-order valence-corrected chi connectivity index (χ3v) is 2.09. The third kappa shape index (κ3) is 3.44. The van der Waals surface area contributed by atoms with Crippen molar-refractivity contribution in [3.05, 3.63) is 0 Å². The van der Waals surface area contributed by atoms with Crippen molar-refractivity contribution in [3.63, 3.8) is 0 Å². The summed E-state index contributed by atoms with van der Waals surface area (Å²) in [6, 6.07) is 0. The van der Waals surface area contributed by atoms with E-state index in [0.717, 1.165) is 6.08 Å². The zero-order valence-corrected chi connectivity index (χ0v) is 6.13. The molecule has 0 saturated heterocycles. The van der Waals surface area contributed by atoms with Gasteiger partial charge in [0.1, 0.15) is 5.78 Å². The van der Waals surface area contributed by atoms with E-state index in [0.29, 0.717) is 0 Å². The summed E-state index contributed by atoms with van der Waals surface area (Å²) >= 11 is 5.13. The largest absolute Gasteiger partial charge is 0.345 e. The fourth-order valence-corrected chi connectivity index (χ4v) is 0.979. The molecular weight excluding hydrogens is 164 g/mol. The molecule has 0 amide bonds. The van der Waals surface area contributed by atoms with Gasteiger partial charge in [0, 0.05) is 0 Å². The molecule has 0 aromatic carbocycles. The van der Waals surface area contributed by atoms with E-state index in [1.807, 2.05) is 0 Å². The number of halogens is 1. The van der Waals surface area contributed by atoms with E-state index in [4.69, 9.17) is 16.5 Å². The first-order valence-corrected chi connectivity index (χ1v) is 4.05. The third-order valence-electron chi connectivity index (χ3n) is 0.640. The second kappa shape index (κ2) is 4.71. The fraction of sp³-hybridized carbons (Fsp3) is 0.667. The number of nitrogens with zero attached hydrogens (tertiary/aromatic N) is 1. The molecule has 0 spiro atoms. The number of hydrogen-bond acceptors (Lipinski definition) is 3. The van der Waals surface area contributed by atoms with E-state index >= 15 is 0 Å². The summed E-state index contributed by atoms with van der Waals surface area (Å²) < 4.78 is 10.1. The van der Waals surface area contributed by atoms with Gasteiger partial charge in [-0.15, -0.1) is 11.6 Å². The highest BCUT2D eigenvalue weighted by Gasteiger charge is 2.09. The predicted octanol–water partition coefficient (Wildman–Crippen LogP) is 0.354. The molecule has 0 aromatic heterocycles. The van der Waals surface area contributed by atoms with Crippen molar-refractivity contribution in [2.75, 3.05) is 5.88 Å². The van der Waals surface area contributed by atoms with Gasteiger partial charge >= 0.3 is 0 Å². The molecule has 9 heavy (non-hydrogen) atoms. The van der Waals surface area contributed by atoms with Gasteiger partial charge < -0.3 is 4.89 Å². The lowest BCUT2D eigenvalue weighted by molar-refractivity contribution is 0.492. The van der Waals surface area contributed by atoms with Crippen molar-refractivity contribution in [2.24, 2.45) is 4.99 Å². The van der Waals surface area contributed by atoms with Crippen LogP contribution in [-0.4, -0.2) is 22.6 Å². The Morgan fingerprint density at radius 1 is 1.89 bits per heavy atom. The van der Waals surface area contributed by atoms with Gasteiger partial charge in [-0.3, -0.25) is 4.57 Å². The quantitative estimate of drug-likeness (QED) is 0.287. The average Bonchev–Trinajstić information content (AvgIpc) is 1.82. The molecule has 0 saturated carbocycles. The molecule has 2 unspecified atom stereocenters. The minimum absolute atomic E-state index is 0.121. The minimum Gasteiger partial charge on any atom is -0.345 e. The standard InChI is InChI=1S/C3H5ClNO3P/c4-1-3(5-2-6)9(7)8/h3,9H,1H2,(H,7,8). The highest BCUT2D eigenvalue weighted by atomic mass is 35.5. The molecule has 0 bridgehead atoms. The molecule has 6 heteroatoms. The summed E-state index contributed by atoms with van der Waals surface area (Å²) in [7, 11) is -2.80. The van der Waals surface area contributed by atoms with Crippen molar-refractivity contribution < 1.29 is 14.3 Å². The van der Waals surface area contributed by atoms with Gasteiger partial charge in [0.15, 0.2) is 0 Å². The average molecular weight is 170 g/mol. The van der Waals surface area contributed by atoms with Crippen LogP contribution in [-0.2, 0) is 9.36 Å². The number of aliphatic imine (C=N–C) groups is 1. The summed E-state index contributed by atoms with van der Waals surface area (Å²) in [5.74, 6) is -1.09. The Labute approximate surface area is 57.4 Å². The fourth-order valence-electron chi connectivity index (χ4n) is 0.219. The summed E-state index contributed by atoms with van der Waals surface area (Å²) in [5, 5.41) is 0. The summed E-state index contributed by atoms with van der Waals surface area (Å²) in [6.45, 7) is 0. The van der Waals surface area contributed by atoms with Gasteiger partial charge in [-0.1, -0.05) is 0 Å². The van der Waals surface area contributed by atoms with Crippen molar-refractivity contribution in [2.45, 2.75) is 5.78 Å². The van der Waals surface area contributed by atoms with Crippen LogP contribution in [0.1, 0.15) is 0 Å². The molecule has 0 radical (unpaired) electrons. The molecule has 0 aromatic rings. The first kappa shape index (κ1) is 8.86. The number of isocyanates is 1. The Kier molecular flexibility index (Phi) is 4.64. The van der Waals surface area contributed by atoms with E-state index in [1.54, 1.807) is 0 Å². The topological polar surface area (TPSA) is 66.7 Å². The highest BCUT2D eigenvalue weighted by Crippen LogP contribution is 2.23. The summed E-state index contributed by atoms with van der Waals surface area (Å²) in [6.07, 6.45) is 1.16. The van der Waals surface area contributed by atoms with Crippen LogP contribution in [0.4, 0.5) is 0 Å². The van der Waals surface area contributed by atoms with Crippen LogP contribution in [0.2, 0.25) is 0 Å².